The molecule has 62 heavy (non-hydrogen) atoms. The van der Waals surface area contributed by atoms with Crippen LogP contribution in [-0.2, 0) is 33.2 Å². The molecule has 0 saturated carbocycles. The van der Waals surface area contributed by atoms with Crippen molar-refractivity contribution in [3.05, 3.63) is 29.3 Å². The zero-order valence-corrected chi connectivity index (χ0v) is 40.2. The first kappa shape index (κ1) is 52.9. The Balaban J connectivity index is 1.84. The predicted molar refractivity (Wildman–Crippen MR) is 237 cm³/mol. The molecule has 15 nitrogen and oxygen atoms in total. The van der Waals surface area contributed by atoms with Gasteiger partial charge < -0.3 is 69.5 Å². The van der Waals surface area contributed by atoms with E-state index >= 15 is 0 Å². The van der Waals surface area contributed by atoms with Crippen LogP contribution in [0.5, 0.6) is 5.75 Å². The summed E-state index contributed by atoms with van der Waals surface area (Å²) in [5.41, 5.74) is -5.99. The highest BCUT2D eigenvalue weighted by atomic mass is 35.5. The number of esters is 1. The van der Waals surface area contributed by atoms with Gasteiger partial charge in [0, 0.05) is 37.1 Å². The smallest absolute Gasteiger partial charge is 0.311 e. The first-order chi connectivity index (χ1) is 29.0. The van der Waals surface area contributed by atoms with Gasteiger partial charge in [-0.2, -0.15) is 0 Å². The normalized spacial score (nSPS) is 44.2. The lowest BCUT2D eigenvalue weighted by Crippen LogP contribution is -2.70. The number of hydrogen-bond donors (Lipinski definition) is 7. The fraction of sp³-hybridized carbons (Fsp3) is 0.848. The van der Waals surface area contributed by atoms with Crippen molar-refractivity contribution < 1.29 is 58.4 Å². The number of likely N-dealkylation sites (N-methyl/N-ethyl adjacent to an activating group) is 1. The van der Waals surface area contributed by atoms with Crippen LogP contribution in [0, 0.1) is 17.8 Å². The number of ether oxygens (including phenoxy) is 7. The van der Waals surface area contributed by atoms with Gasteiger partial charge in [-0.05, 0) is 124 Å². The molecule has 0 bridgehead atoms. The third kappa shape index (κ3) is 12.2. The van der Waals surface area contributed by atoms with Crippen LogP contribution in [0.1, 0.15) is 108 Å². The molecule has 358 valence electrons. The summed E-state index contributed by atoms with van der Waals surface area (Å²) >= 11 is 6.22. The Morgan fingerprint density at radius 1 is 0.952 bits per heavy atom. The molecule has 4 rings (SSSR count). The van der Waals surface area contributed by atoms with Gasteiger partial charge in [0.1, 0.15) is 34.8 Å². The highest BCUT2D eigenvalue weighted by molar-refractivity contribution is 6.30. The lowest BCUT2D eigenvalue weighted by Gasteiger charge is -2.53. The van der Waals surface area contributed by atoms with Crippen LogP contribution < -0.4 is 20.7 Å². The molecule has 0 radical (unpaired) electrons. The van der Waals surface area contributed by atoms with Crippen molar-refractivity contribution in [3.63, 3.8) is 0 Å². The number of nitrogens with one attached hydrogen (secondary N) is 3. The topological polar surface area (TPSA) is 199 Å². The summed E-state index contributed by atoms with van der Waals surface area (Å²) in [5, 5.41) is 58.8. The van der Waals surface area contributed by atoms with E-state index in [0.29, 0.717) is 30.3 Å². The Labute approximate surface area is 375 Å². The summed E-state index contributed by atoms with van der Waals surface area (Å²) in [5.74, 6) is -2.12. The van der Waals surface area contributed by atoms with Crippen LogP contribution in [0.25, 0.3) is 0 Å². The van der Waals surface area contributed by atoms with Gasteiger partial charge in [-0.15, -0.1) is 0 Å². The van der Waals surface area contributed by atoms with Crippen LogP contribution >= 0.6 is 11.6 Å². The lowest BCUT2D eigenvalue weighted by atomic mass is 9.75. The maximum atomic E-state index is 14.5. The summed E-state index contributed by atoms with van der Waals surface area (Å²) in [4.78, 5) is 14.5. The zero-order chi connectivity index (χ0) is 46.4. The second kappa shape index (κ2) is 22.2. The van der Waals surface area contributed by atoms with E-state index in [0.717, 1.165) is 6.42 Å². The van der Waals surface area contributed by atoms with Gasteiger partial charge in [0.25, 0.3) is 0 Å². The van der Waals surface area contributed by atoms with Gasteiger partial charge >= 0.3 is 5.97 Å². The molecule has 18 atom stereocenters. The van der Waals surface area contributed by atoms with E-state index in [-0.39, 0.29) is 43.9 Å². The second-order valence-corrected chi connectivity index (χ2v) is 19.5. The molecule has 1 aromatic carbocycles. The number of methoxy groups -OCH3 is 1. The predicted octanol–water partition coefficient (Wildman–Crippen LogP) is 4.33. The third-order valence-electron chi connectivity index (χ3n) is 13.8. The van der Waals surface area contributed by atoms with Crippen molar-refractivity contribution in [2.75, 3.05) is 33.8 Å². The number of carbonyl (C=O) groups is 1. The van der Waals surface area contributed by atoms with Gasteiger partial charge in [-0.1, -0.05) is 39.3 Å². The van der Waals surface area contributed by atoms with Crippen molar-refractivity contribution >= 4 is 17.6 Å². The monoisotopic (exact) mass is 902 g/mol. The maximum Gasteiger partial charge on any atom is 0.311 e. The maximum absolute atomic E-state index is 14.5. The minimum atomic E-state index is -1.82. The van der Waals surface area contributed by atoms with Crippen molar-refractivity contribution in [2.24, 2.45) is 17.8 Å². The molecule has 0 aromatic heterocycles. The quantitative estimate of drug-likeness (QED) is 0.109. The van der Waals surface area contributed by atoms with Crippen LogP contribution in [0.15, 0.2) is 24.3 Å². The molecule has 16 heteroatoms. The van der Waals surface area contributed by atoms with E-state index in [1.807, 2.05) is 41.7 Å². The van der Waals surface area contributed by atoms with Crippen LogP contribution in [0.4, 0.5) is 0 Å². The van der Waals surface area contributed by atoms with Crippen molar-refractivity contribution in [1.29, 1.82) is 0 Å². The SMILES string of the molecule is CCCNC[C@]1(O)[C@H](C)O[C@@H](O[C@H]2[C@H](C)[C@@H](O[C@@H]3O[C@H](C)C[C@H](NC)[C@H]3Oc3ccc(Cl)cc3)[C@](C)(O)C[C@@H](C)CN[C@H](C)[C@@H](O)[C@](C)(O)[C@@H](CC)OC(=O)[C@@H]2C)C[C@@]1(C)OC. The Bertz CT molecular complexity index is 1540. The first-order valence-corrected chi connectivity index (χ1v) is 23.1. The largest absolute Gasteiger partial charge is 0.483 e. The fourth-order valence-corrected chi connectivity index (χ4v) is 9.92. The number of hydrogen-bond acceptors (Lipinski definition) is 15. The van der Waals surface area contributed by atoms with Crippen LogP contribution in [0.2, 0.25) is 5.02 Å². The van der Waals surface area contributed by atoms with E-state index < -0.39 is 95.5 Å². The van der Waals surface area contributed by atoms with Crippen molar-refractivity contribution in [1.82, 2.24) is 16.0 Å². The van der Waals surface area contributed by atoms with Gasteiger partial charge in [0.2, 0.25) is 0 Å². The summed E-state index contributed by atoms with van der Waals surface area (Å²) in [6.45, 7) is 21.1. The van der Waals surface area contributed by atoms with E-state index in [1.54, 1.807) is 66.0 Å². The molecule has 3 saturated heterocycles. The molecule has 3 aliphatic rings. The average molecular weight is 903 g/mol. The highest BCUT2D eigenvalue weighted by Crippen LogP contribution is 2.43. The molecule has 0 aliphatic carbocycles. The number of cyclic esters (lactones) is 1. The summed E-state index contributed by atoms with van der Waals surface area (Å²) < 4.78 is 45.9. The molecular weight excluding hydrogens is 822 g/mol. The molecule has 7 N–H and O–H groups in total. The fourth-order valence-electron chi connectivity index (χ4n) is 9.80. The van der Waals surface area contributed by atoms with E-state index in [4.69, 9.17) is 44.8 Å². The average Bonchev–Trinajstić information content (AvgIpc) is 3.22. The highest BCUT2D eigenvalue weighted by Gasteiger charge is 2.58. The van der Waals surface area contributed by atoms with Gasteiger partial charge in [-0.25, -0.2) is 0 Å². The number of carbonyl (C=O) groups excluding carboxylic acids is 1. The first-order valence-electron chi connectivity index (χ1n) is 22.7. The number of aliphatic hydroxyl groups excluding tert-OH is 1. The Morgan fingerprint density at radius 2 is 1.61 bits per heavy atom. The summed E-state index contributed by atoms with van der Waals surface area (Å²) in [6.07, 6.45) is -6.21. The Kier molecular flexibility index (Phi) is 18.9. The summed E-state index contributed by atoms with van der Waals surface area (Å²) in [6, 6.07) is 6.21. The Morgan fingerprint density at radius 3 is 2.21 bits per heavy atom. The molecule has 0 amide bonds. The van der Waals surface area contributed by atoms with E-state index in [2.05, 4.69) is 16.0 Å². The van der Waals surface area contributed by atoms with E-state index in [9.17, 15) is 25.2 Å². The number of benzene rings is 1. The standard InChI is InChI=1S/C46H80ClN3O12/c1-14-20-49-25-46(55)31(8)58-36(23-44(46,10)56-13)61-37-28(5)40(62-42-38(34(48-12)21-27(4)57-42)59-33-18-16-32(47)17-19-33)43(9,53)22-26(3)24-50-30(7)39(51)45(11,54)35(15-2)60-41(52)29(37)6/h16-19,26-31,34-40,42,48-51,53-55H,14-15,20-25H2,1-13H3/t26-,27-,28+,29-,30-,31+,34+,35-,36+,37+,38-,39-,40-,42+,43-,44-,45-,46+/m1/s1. The molecule has 1 aromatic rings. The molecule has 0 spiro atoms. The number of aliphatic hydroxyl groups is 4. The molecule has 3 aliphatic heterocycles. The molecular formula is C46H80ClN3O12. The van der Waals surface area contributed by atoms with Gasteiger partial charge in [-0.3, -0.25) is 4.79 Å². The molecule has 3 fully saturated rings. The number of halogens is 1. The van der Waals surface area contributed by atoms with Crippen LogP contribution in [-0.4, -0.2) is 150 Å². The van der Waals surface area contributed by atoms with Crippen molar-refractivity contribution in [2.45, 2.75) is 198 Å². The lowest BCUT2D eigenvalue weighted by molar-refractivity contribution is -0.335. The minimum Gasteiger partial charge on any atom is -0.483 e. The Hall–Kier alpha value is -1.70. The van der Waals surface area contributed by atoms with E-state index in [1.165, 1.54) is 6.92 Å². The molecule has 3 heterocycles. The summed E-state index contributed by atoms with van der Waals surface area (Å²) in [7, 11) is 3.40. The number of rotatable bonds is 13. The van der Waals surface area contributed by atoms with Crippen molar-refractivity contribution in [3.8, 4) is 5.75 Å². The second-order valence-electron chi connectivity index (χ2n) is 19.1. The zero-order valence-electron chi connectivity index (χ0n) is 39.5. The van der Waals surface area contributed by atoms with Crippen LogP contribution in [0.3, 0.4) is 0 Å². The molecule has 0 unspecified atom stereocenters. The minimum absolute atomic E-state index is 0.0915. The van der Waals surface area contributed by atoms with Gasteiger partial charge in [0.05, 0.1) is 42.0 Å². The third-order valence-corrected chi connectivity index (χ3v) is 14.1. The van der Waals surface area contributed by atoms with Gasteiger partial charge in [0.15, 0.2) is 18.7 Å².